The highest BCUT2D eigenvalue weighted by atomic mass is 19.1. The number of halogens is 1. The standard InChI is InChI=1S/C19H21FN6O2/c1-3-14(27)25-6-4-5-12(10-25)23-17-16(20)13-8-21-19(28)15(13)18(24-17)26-9-11(2)7-22-26/h3,7,9,12H,1,4-6,8,10H2,2H3,(H,21,28)(H,23,24). The molecule has 2 aliphatic heterocycles. The van der Waals surface area contributed by atoms with E-state index in [9.17, 15) is 9.59 Å². The number of rotatable bonds is 4. The molecule has 1 fully saturated rings. The van der Waals surface area contributed by atoms with Crippen LogP contribution in [-0.4, -0.2) is 50.6 Å². The quantitative estimate of drug-likeness (QED) is 0.781. The molecule has 0 bridgehead atoms. The Hall–Kier alpha value is -3.23. The summed E-state index contributed by atoms with van der Waals surface area (Å²) in [6, 6.07) is -0.144. The van der Waals surface area contributed by atoms with Crippen molar-refractivity contribution in [2.24, 2.45) is 0 Å². The van der Waals surface area contributed by atoms with Crippen LogP contribution in [0.5, 0.6) is 0 Å². The molecule has 0 spiro atoms. The molecule has 2 aliphatic rings. The van der Waals surface area contributed by atoms with E-state index >= 15 is 4.39 Å². The third-order valence-electron chi connectivity index (χ3n) is 5.05. The third kappa shape index (κ3) is 3.12. The molecule has 1 atom stereocenters. The minimum Gasteiger partial charge on any atom is -0.363 e. The summed E-state index contributed by atoms with van der Waals surface area (Å²) in [5, 5.41) is 10.00. The van der Waals surface area contributed by atoms with E-state index in [-0.39, 0.29) is 47.2 Å². The second-order valence-corrected chi connectivity index (χ2v) is 7.07. The van der Waals surface area contributed by atoms with Crippen LogP contribution in [-0.2, 0) is 11.3 Å². The summed E-state index contributed by atoms with van der Waals surface area (Å²) in [6.07, 6.45) is 6.26. The van der Waals surface area contributed by atoms with Crippen LogP contribution in [0, 0.1) is 12.7 Å². The molecule has 0 saturated carbocycles. The van der Waals surface area contributed by atoms with Crippen LogP contribution in [0.1, 0.15) is 34.3 Å². The number of hydrogen-bond acceptors (Lipinski definition) is 5. The largest absolute Gasteiger partial charge is 0.363 e. The summed E-state index contributed by atoms with van der Waals surface area (Å²) in [4.78, 5) is 30.2. The summed E-state index contributed by atoms with van der Waals surface area (Å²) >= 11 is 0. The molecular formula is C19H21FN6O2. The average Bonchev–Trinajstić information content (AvgIpc) is 3.30. The fraction of sp³-hybridized carbons (Fsp3) is 0.368. The zero-order valence-electron chi connectivity index (χ0n) is 15.5. The lowest BCUT2D eigenvalue weighted by atomic mass is 10.0. The van der Waals surface area contributed by atoms with E-state index in [0.29, 0.717) is 13.1 Å². The molecule has 4 rings (SSSR count). The number of pyridine rings is 1. The Morgan fingerprint density at radius 2 is 2.32 bits per heavy atom. The highest BCUT2D eigenvalue weighted by Gasteiger charge is 2.32. The van der Waals surface area contributed by atoms with E-state index in [1.165, 1.54) is 10.8 Å². The topological polar surface area (TPSA) is 92.2 Å². The fourth-order valence-corrected chi connectivity index (χ4v) is 3.67. The number of anilines is 1. The number of amides is 2. The molecule has 2 aromatic heterocycles. The van der Waals surface area contributed by atoms with Gasteiger partial charge in [-0.3, -0.25) is 9.59 Å². The summed E-state index contributed by atoms with van der Waals surface area (Å²) in [7, 11) is 0. The van der Waals surface area contributed by atoms with Gasteiger partial charge in [-0.2, -0.15) is 5.10 Å². The molecule has 9 heteroatoms. The maximum Gasteiger partial charge on any atom is 0.255 e. The molecule has 4 heterocycles. The molecule has 0 aliphatic carbocycles. The molecule has 1 unspecified atom stereocenters. The van der Waals surface area contributed by atoms with Gasteiger partial charge in [-0.1, -0.05) is 6.58 Å². The first-order valence-corrected chi connectivity index (χ1v) is 9.18. The van der Waals surface area contributed by atoms with Gasteiger partial charge in [0.15, 0.2) is 17.5 Å². The smallest absolute Gasteiger partial charge is 0.255 e. The first-order valence-electron chi connectivity index (χ1n) is 9.18. The number of fused-ring (bicyclic) bond motifs is 1. The van der Waals surface area contributed by atoms with E-state index in [4.69, 9.17) is 0 Å². The Kier molecular flexibility index (Phi) is 4.58. The maximum atomic E-state index is 15.1. The molecule has 0 aromatic carbocycles. The normalized spacial score (nSPS) is 18.6. The number of likely N-dealkylation sites (tertiary alicyclic amines) is 1. The maximum absolute atomic E-state index is 15.1. The number of carbonyl (C=O) groups is 2. The van der Waals surface area contributed by atoms with E-state index in [1.807, 2.05) is 6.92 Å². The van der Waals surface area contributed by atoms with Gasteiger partial charge in [0.1, 0.15) is 0 Å². The van der Waals surface area contributed by atoms with E-state index < -0.39 is 5.82 Å². The summed E-state index contributed by atoms with van der Waals surface area (Å²) < 4.78 is 16.6. The van der Waals surface area contributed by atoms with Crippen LogP contribution in [0.25, 0.3) is 5.82 Å². The second kappa shape index (κ2) is 7.06. The van der Waals surface area contributed by atoms with Crippen molar-refractivity contribution < 1.29 is 14.0 Å². The van der Waals surface area contributed by atoms with Crippen LogP contribution in [0.2, 0.25) is 0 Å². The lowest BCUT2D eigenvalue weighted by molar-refractivity contribution is -0.127. The van der Waals surface area contributed by atoms with Crippen molar-refractivity contribution in [1.29, 1.82) is 0 Å². The monoisotopic (exact) mass is 384 g/mol. The number of piperidine rings is 1. The van der Waals surface area contributed by atoms with Crippen LogP contribution >= 0.6 is 0 Å². The zero-order chi connectivity index (χ0) is 19.8. The zero-order valence-corrected chi connectivity index (χ0v) is 15.5. The lowest BCUT2D eigenvalue weighted by Gasteiger charge is -2.33. The van der Waals surface area contributed by atoms with Gasteiger partial charge in [-0.05, 0) is 31.4 Å². The van der Waals surface area contributed by atoms with Gasteiger partial charge in [0.25, 0.3) is 5.91 Å². The molecule has 2 aromatic rings. The summed E-state index contributed by atoms with van der Waals surface area (Å²) in [5.41, 5.74) is 1.39. The van der Waals surface area contributed by atoms with Crippen LogP contribution in [0.15, 0.2) is 25.0 Å². The molecule has 0 radical (unpaired) electrons. The molecule has 8 nitrogen and oxygen atoms in total. The number of nitrogens with one attached hydrogen (secondary N) is 2. The minimum absolute atomic E-state index is 0.0660. The molecule has 28 heavy (non-hydrogen) atoms. The van der Waals surface area contributed by atoms with E-state index in [2.05, 4.69) is 27.3 Å². The summed E-state index contributed by atoms with van der Waals surface area (Å²) in [5.74, 6) is -0.700. The van der Waals surface area contributed by atoms with Gasteiger partial charge in [0.2, 0.25) is 5.91 Å². The lowest BCUT2D eigenvalue weighted by Crippen LogP contribution is -2.44. The van der Waals surface area contributed by atoms with Gasteiger partial charge in [-0.15, -0.1) is 0 Å². The van der Waals surface area contributed by atoms with Crippen molar-refractivity contribution in [2.45, 2.75) is 32.4 Å². The number of nitrogens with zero attached hydrogens (tertiary/aromatic N) is 4. The third-order valence-corrected chi connectivity index (χ3v) is 5.05. The molecule has 1 saturated heterocycles. The van der Waals surface area contributed by atoms with Crippen molar-refractivity contribution in [3.63, 3.8) is 0 Å². The van der Waals surface area contributed by atoms with Gasteiger partial charge in [-0.25, -0.2) is 14.1 Å². The Morgan fingerprint density at radius 3 is 3.04 bits per heavy atom. The fourth-order valence-electron chi connectivity index (χ4n) is 3.67. The second-order valence-electron chi connectivity index (χ2n) is 7.07. The Bertz CT molecular complexity index is 970. The Balaban J connectivity index is 1.69. The molecule has 2 N–H and O–H groups in total. The summed E-state index contributed by atoms with van der Waals surface area (Å²) in [6.45, 7) is 6.60. The highest BCUT2D eigenvalue weighted by molar-refractivity contribution is 6.01. The van der Waals surface area contributed by atoms with Gasteiger partial charge >= 0.3 is 0 Å². The highest BCUT2D eigenvalue weighted by Crippen LogP contribution is 2.29. The van der Waals surface area contributed by atoms with Crippen molar-refractivity contribution in [1.82, 2.24) is 25.0 Å². The van der Waals surface area contributed by atoms with Crippen molar-refractivity contribution in [3.8, 4) is 5.82 Å². The van der Waals surface area contributed by atoms with Crippen LogP contribution in [0.3, 0.4) is 0 Å². The van der Waals surface area contributed by atoms with Crippen molar-refractivity contribution >= 4 is 17.6 Å². The minimum atomic E-state index is -0.548. The first kappa shape index (κ1) is 18.1. The van der Waals surface area contributed by atoms with Crippen LogP contribution in [0.4, 0.5) is 10.2 Å². The number of aromatic nitrogens is 3. The Labute approximate surface area is 161 Å². The first-order chi connectivity index (χ1) is 13.5. The number of carbonyl (C=O) groups excluding carboxylic acids is 2. The van der Waals surface area contributed by atoms with Gasteiger partial charge in [0.05, 0.1) is 11.8 Å². The van der Waals surface area contributed by atoms with E-state index in [0.717, 1.165) is 18.4 Å². The SMILES string of the molecule is C=CC(=O)N1CCCC(Nc2nc(-n3cc(C)cn3)c3c(c2F)CNC3=O)C1. The number of aryl methyl sites for hydroxylation is 1. The predicted octanol–water partition coefficient (Wildman–Crippen LogP) is 1.55. The molecule has 2 amide bonds. The molecule has 146 valence electrons. The van der Waals surface area contributed by atoms with Crippen molar-refractivity contribution in [3.05, 3.63) is 47.6 Å². The van der Waals surface area contributed by atoms with Crippen LogP contribution < -0.4 is 10.6 Å². The average molecular weight is 384 g/mol. The number of hydrogen-bond donors (Lipinski definition) is 2. The van der Waals surface area contributed by atoms with E-state index in [1.54, 1.807) is 17.3 Å². The van der Waals surface area contributed by atoms with Gasteiger partial charge in [0, 0.05) is 37.4 Å². The van der Waals surface area contributed by atoms with Gasteiger partial charge < -0.3 is 15.5 Å². The Morgan fingerprint density at radius 1 is 1.50 bits per heavy atom. The predicted molar refractivity (Wildman–Crippen MR) is 101 cm³/mol. The van der Waals surface area contributed by atoms with Crippen molar-refractivity contribution in [2.75, 3.05) is 18.4 Å². The molecular weight excluding hydrogens is 363 g/mol.